The van der Waals surface area contributed by atoms with Gasteiger partial charge in [0.2, 0.25) is 0 Å². The topological polar surface area (TPSA) is 28.4 Å². The summed E-state index contributed by atoms with van der Waals surface area (Å²) >= 11 is 0. The molecule has 2 atom stereocenters. The first-order valence-electron chi connectivity index (χ1n) is 6.59. The van der Waals surface area contributed by atoms with Gasteiger partial charge in [0.25, 0.3) is 0 Å². The number of hydrogen-bond acceptors (Lipinski definition) is 3. The Morgan fingerprint density at radius 2 is 2.24 bits per heavy atom. The van der Waals surface area contributed by atoms with Crippen molar-refractivity contribution in [1.29, 1.82) is 0 Å². The second kappa shape index (κ2) is 5.23. The Bertz CT molecular complexity index is 359. The van der Waals surface area contributed by atoms with Gasteiger partial charge in [-0.2, -0.15) is 0 Å². The molecule has 2 unspecified atom stereocenters. The molecule has 0 amide bonds. The van der Waals surface area contributed by atoms with Crippen LogP contribution < -0.4 is 5.32 Å². The summed E-state index contributed by atoms with van der Waals surface area (Å²) in [5.74, 6) is 2.76. The Kier molecular flexibility index (Phi) is 3.89. The molecule has 0 radical (unpaired) electrons. The Balaban J connectivity index is 2.04. The summed E-state index contributed by atoms with van der Waals surface area (Å²) in [6.45, 7) is 12.0. The van der Waals surface area contributed by atoms with Gasteiger partial charge in [-0.05, 0) is 31.9 Å². The van der Waals surface area contributed by atoms with Gasteiger partial charge in [0.15, 0.2) is 0 Å². The highest BCUT2D eigenvalue weighted by Gasteiger charge is 2.28. The molecule has 1 aliphatic rings. The number of aryl methyl sites for hydroxylation is 1. The molecule has 1 aromatic rings. The molecule has 3 heteroatoms. The third-order valence-corrected chi connectivity index (χ3v) is 3.58. The highest BCUT2D eigenvalue weighted by Crippen LogP contribution is 2.19. The van der Waals surface area contributed by atoms with Crippen molar-refractivity contribution in [2.75, 3.05) is 13.1 Å². The second-order valence-corrected chi connectivity index (χ2v) is 5.56. The van der Waals surface area contributed by atoms with E-state index in [0.29, 0.717) is 18.0 Å². The molecule has 2 rings (SSSR count). The first-order valence-corrected chi connectivity index (χ1v) is 6.59. The van der Waals surface area contributed by atoms with Gasteiger partial charge in [0, 0.05) is 25.2 Å². The largest absolute Gasteiger partial charge is 0.465 e. The van der Waals surface area contributed by atoms with Crippen LogP contribution in [0, 0.1) is 12.8 Å². The SMILES string of the molecule is Cc1ccc(CN2CC(C)NCC2C(C)C)o1. The number of furan rings is 1. The van der Waals surface area contributed by atoms with Gasteiger partial charge in [-0.3, -0.25) is 4.90 Å². The number of piperazine rings is 1. The summed E-state index contributed by atoms with van der Waals surface area (Å²) in [6.07, 6.45) is 0. The Hall–Kier alpha value is -0.800. The van der Waals surface area contributed by atoms with E-state index < -0.39 is 0 Å². The summed E-state index contributed by atoms with van der Waals surface area (Å²) < 4.78 is 5.69. The minimum atomic E-state index is 0.570. The van der Waals surface area contributed by atoms with Crippen LogP contribution >= 0.6 is 0 Å². The molecule has 0 bridgehead atoms. The molecule has 96 valence electrons. The molecule has 0 aromatic carbocycles. The van der Waals surface area contributed by atoms with Gasteiger partial charge in [-0.25, -0.2) is 0 Å². The normalized spacial score (nSPS) is 26.6. The van der Waals surface area contributed by atoms with Gasteiger partial charge < -0.3 is 9.73 Å². The molecule has 2 heterocycles. The first kappa shape index (κ1) is 12.7. The van der Waals surface area contributed by atoms with Crippen LogP contribution in [0.15, 0.2) is 16.5 Å². The monoisotopic (exact) mass is 236 g/mol. The zero-order chi connectivity index (χ0) is 12.4. The average Bonchev–Trinajstić information content (AvgIpc) is 2.63. The maximum atomic E-state index is 5.69. The van der Waals surface area contributed by atoms with Crippen LogP contribution in [0.5, 0.6) is 0 Å². The molecule has 1 saturated heterocycles. The standard InChI is InChI=1S/C14H24N2O/c1-10(2)14-7-15-11(3)8-16(14)9-13-6-5-12(4)17-13/h5-6,10-11,14-15H,7-9H2,1-4H3. The molecule has 0 spiro atoms. The lowest BCUT2D eigenvalue weighted by Crippen LogP contribution is -2.56. The van der Waals surface area contributed by atoms with Crippen molar-refractivity contribution < 1.29 is 4.42 Å². The lowest BCUT2D eigenvalue weighted by Gasteiger charge is -2.41. The molecule has 1 aromatic heterocycles. The zero-order valence-corrected chi connectivity index (χ0v) is 11.4. The molecule has 1 aliphatic heterocycles. The third kappa shape index (κ3) is 3.11. The summed E-state index contributed by atoms with van der Waals surface area (Å²) in [5.41, 5.74) is 0. The zero-order valence-electron chi connectivity index (χ0n) is 11.4. The van der Waals surface area contributed by atoms with Crippen LogP contribution in [-0.2, 0) is 6.54 Å². The Morgan fingerprint density at radius 3 is 2.82 bits per heavy atom. The highest BCUT2D eigenvalue weighted by molar-refractivity contribution is 5.06. The maximum absolute atomic E-state index is 5.69. The van der Waals surface area contributed by atoms with Crippen LogP contribution in [0.3, 0.4) is 0 Å². The van der Waals surface area contributed by atoms with E-state index in [2.05, 4.69) is 37.1 Å². The number of rotatable bonds is 3. The van der Waals surface area contributed by atoms with Gasteiger partial charge in [0.1, 0.15) is 11.5 Å². The van der Waals surface area contributed by atoms with Gasteiger partial charge in [-0.15, -0.1) is 0 Å². The smallest absolute Gasteiger partial charge is 0.118 e. The van der Waals surface area contributed by atoms with Crippen molar-refractivity contribution in [3.05, 3.63) is 23.7 Å². The fourth-order valence-electron chi connectivity index (χ4n) is 2.61. The number of hydrogen-bond donors (Lipinski definition) is 1. The van der Waals surface area contributed by atoms with Crippen LogP contribution in [0.2, 0.25) is 0 Å². The molecule has 17 heavy (non-hydrogen) atoms. The third-order valence-electron chi connectivity index (χ3n) is 3.58. The summed E-state index contributed by atoms with van der Waals surface area (Å²) in [7, 11) is 0. The predicted molar refractivity (Wildman–Crippen MR) is 69.9 cm³/mol. The van der Waals surface area contributed by atoms with Crippen LogP contribution in [-0.4, -0.2) is 30.1 Å². The van der Waals surface area contributed by atoms with E-state index in [4.69, 9.17) is 4.42 Å². The molecule has 1 fully saturated rings. The Morgan fingerprint density at radius 1 is 1.47 bits per heavy atom. The van der Waals surface area contributed by atoms with Crippen molar-refractivity contribution in [2.24, 2.45) is 5.92 Å². The van der Waals surface area contributed by atoms with E-state index in [0.717, 1.165) is 31.2 Å². The lowest BCUT2D eigenvalue weighted by molar-refractivity contribution is 0.0881. The van der Waals surface area contributed by atoms with Crippen molar-refractivity contribution in [3.8, 4) is 0 Å². The van der Waals surface area contributed by atoms with Gasteiger partial charge >= 0.3 is 0 Å². The van der Waals surface area contributed by atoms with Crippen molar-refractivity contribution in [2.45, 2.75) is 46.3 Å². The van der Waals surface area contributed by atoms with Crippen LogP contribution in [0.25, 0.3) is 0 Å². The van der Waals surface area contributed by atoms with E-state index in [-0.39, 0.29) is 0 Å². The summed E-state index contributed by atoms with van der Waals surface area (Å²) in [4.78, 5) is 2.55. The van der Waals surface area contributed by atoms with E-state index in [1.807, 2.05) is 13.0 Å². The van der Waals surface area contributed by atoms with Gasteiger partial charge in [0.05, 0.1) is 6.54 Å². The minimum absolute atomic E-state index is 0.570. The number of nitrogens with zero attached hydrogens (tertiary/aromatic N) is 1. The fraction of sp³-hybridized carbons (Fsp3) is 0.714. The summed E-state index contributed by atoms with van der Waals surface area (Å²) in [6, 6.07) is 5.32. The number of nitrogens with one attached hydrogen (secondary N) is 1. The molecular weight excluding hydrogens is 212 g/mol. The minimum Gasteiger partial charge on any atom is -0.465 e. The highest BCUT2D eigenvalue weighted by atomic mass is 16.3. The Labute approximate surface area is 104 Å². The van der Waals surface area contributed by atoms with Crippen LogP contribution in [0.1, 0.15) is 32.3 Å². The fourth-order valence-corrected chi connectivity index (χ4v) is 2.61. The van der Waals surface area contributed by atoms with Crippen LogP contribution in [0.4, 0.5) is 0 Å². The van der Waals surface area contributed by atoms with E-state index in [1.54, 1.807) is 0 Å². The maximum Gasteiger partial charge on any atom is 0.118 e. The molecular formula is C14H24N2O. The molecule has 0 saturated carbocycles. The lowest BCUT2D eigenvalue weighted by atomic mass is 9.98. The predicted octanol–water partition coefficient (Wildman–Crippen LogP) is 2.41. The molecule has 3 nitrogen and oxygen atoms in total. The van der Waals surface area contributed by atoms with Crippen molar-refractivity contribution in [3.63, 3.8) is 0 Å². The van der Waals surface area contributed by atoms with Gasteiger partial charge in [-0.1, -0.05) is 13.8 Å². The van der Waals surface area contributed by atoms with E-state index in [9.17, 15) is 0 Å². The first-order chi connectivity index (χ1) is 8.06. The van der Waals surface area contributed by atoms with Crippen molar-refractivity contribution in [1.82, 2.24) is 10.2 Å². The molecule has 0 aliphatic carbocycles. The van der Waals surface area contributed by atoms with E-state index >= 15 is 0 Å². The second-order valence-electron chi connectivity index (χ2n) is 5.56. The summed E-state index contributed by atoms with van der Waals surface area (Å²) in [5, 5.41) is 3.56. The van der Waals surface area contributed by atoms with E-state index in [1.165, 1.54) is 0 Å². The molecule has 1 N–H and O–H groups in total. The van der Waals surface area contributed by atoms with Crippen molar-refractivity contribution >= 4 is 0 Å². The quantitative estimate of drug-likeness (QED) is 0.873. The average molecular weight is 236 g/mol.